The van der Waals surface area contributed by atoms with Crippen LogP contribution in [0, 0.1) is 0 Å². The molecule has 1 aromatic rings. The molecule has 118 valence electrons. The van der Waals surface area contributed by atoms with Crippen LogP contribution >= 0.6 is 0 Å². The summed E-state index contributed by atoms with van der Waals surface area (Å²) >= 11 is 0. The van der Waals surface area contributed by atoms with Crippen molar-refractivity contribution in [3.8, 4) is 0 Å². The number of amides is 1. The monoisotopic (exact) mass is 309 g/mol. The largest absolute Gasteiger partial charge is 0.412 e. The number of fused-ring (bicyclic) bond motifs is 1. The van der Waals surface area contributed by atoms with Crippen molar-refractivity contribution in [3.63, 3.8) is 0 Å². The van der Waals surface area contributed by atoms with Gasteiger partial charge in [-0.1, -0.05) is 12.1 Å². The fraction of sp³-hybridized carbons (Fsp3) is 0. The zero-order valence-electron chi connectivity index (χ0n) is 9.44. The quantitative estimate of drug-likeness (QED) is 0.490. The molecule has 0 spiro atoms. The predicted molar refractivity (Wildman–Crippen MR) is 66.4 cm³/mol. The van der Waals surface area contributed by atoms with E-state index < -0.39 is 15.9 Å². The maximum Gasteiger partial charge on any atom is 0.266 e. The summed E-state index contributed by atoms with van der Waals surface area (Å²) in [6, 6.07) is 6.09. The highest BCUT2D eigenvalue weighted by Crippen LogP contribution is 2.20. The molecule has 1 aliphatic rings. The Morgan fingerprint density at radius 1 is 0.789 bits per heavy atom. The van der Waals surface area contributed by atoms with Gasteiger partial charge in [0.05, 0.1) is 5.56 Å². The van der Waals surface area contributed by atoms with Gasteiger partial charge in [0.15, 0.2) is 0 Å². The molecule has 0 fully saturated rings. The lowest BCUT2D eigenvalue weighted by molar-refractivity contribution is 0.0985. The van der Waals surface area contributed by atoms with Crippen LogP contribution in [0.2, 0.25) is 0 Å². The summed E-state index contributed by atoms with van der Waals surface area (Å²) in [5, 5.41) is 0. The van der Waals surface area contributed by atoms with Gasteiger partial charge in [-0.2, -0.15) is 0 Å². The number of rotatable bonds is 0. The highest BCUT2D eigenvalue weighted by atomic mass is 32.2. The zero-order chi connectivity index (χ0) is 8.77. The summed E-state index contributed by atoms with van der Waals surface area (Å²) in [5.41, 5.74) is 0.220. The first kappa shape index (κ1) is 36.0. The van der Waals surface area contributed by atoms with E-state index >= 15 is 0 Å². The number of benzene rings is 1. The highest BCUT2D eigenvalue weighted by molar-refractivity contribution is 7.90. The average molecular weight is 309 g/mol. The molecule has 0 saturated carbocycles. The molecule has 15 N–H and O–H groups in total. The number of hydrogen-bond acceptors (Lipinski definition) is 3. The fourth-order valence-electron chi connectivity index (χ4n) is 1.12. The van der Waals surface area contributed by atoms with Gasteiger partial charge < -0.3 is 38.3 Å². The summed E-state index contributed by atoms with van der Waals surface area (Å²) < 4.78 is 24.2. The normalized spacial score (nSPS) is 11.7. The third-order valence-corrected chi connectivity index (χ3v) is 3.04. The standard InChI is InChI=1S/C7H5NO3S.7H2O/c9-7-5-3-1-2-4-6(5)12(10,11)8-7;;;;;;;/h1-4H,(H,8,9);7*1H2. The van der Waals surface area contributed by atoms with Gasteiger partial charge >= 0.3 is 0 Å². The number of sulfonamides is 1. The molecule has 0 unspecified atom stereocenters. The molecule has 0 atom stereocenters. The van der Waals surface area contributed by atoms with E-state index in [1.54, 1.807) is 12.1 Å². The van der Waals surface area contributed by atoms with Crippen molar-refractivity contribution in [2.24, 2.45) is 0 Å². The molecule has 0 aromatic heterocycles. The van der Waals surface area contributed by atoms with Gasteiger partial charge in [-0.3, -0.25) is 4.79 Å². The van der Waals surface area contributed by atoms with Crippen molar-refractivity contribution in [2.45, 2.75) is 4.90 Å². The summed E-state index contributed by atoms with van der Waals surface area (Å²) in [6.07, 6.45) is 0. The number of carbonyl (C=O) groups excluding carboxylic acids is 1. The molecule has 11 nitrogen and oxygen atoms in total. The van der Waals surface area contributed by atoms with E-state index in [1.807, 2.05) is 4.72 Å². The molecule has 2 rings (SSSR count). The lowest BCUT2D eigenvalue weighted by Gasteiger charge is -1.91. The van der Waals surface area contributed by atoms with Crippen molar-refractivity contribution < 1.29 is 51.5 Å². The Balaban J connectivity index is -0.0000000604. The Labute approximate surface area is 108 Å². The minimum absolute atomic E-state index is 0. The minimum Gasteiger partial charge on any atom is -0.412 e. The van der Waals surface area contributed by atoms with E-state index in [0.29, 0.717) is 0 Å². The molecule has 1 heterocycles. The number of carbonyl (C=O) groups is 1. The fourth-order valence-corrected chi connectivity index (χ4v) is 2.29. The van der Waals surface area contributed by atoms with Crippen molar-refractivity contribution in [3.05, 3.63) is 29.8 Å². The molecular formula is C7H19NO10S. The van der Waals surface area contributed by atoms with E-state index in [9.17, 15) is 13.2 Å². The van der Waals surface area contributed by atoms with Gasteiger partial charge in [-0.15, -0.1) is 0 Å². The number of hydrogen-bond donors (Lipinski definition) is 1. The molecule has 1 aromatic carbocycles. The van der Waals surface area contributed by atoms with E-state index in [0.717, 1.165) is 0 Å². The van der Waals surface area contributed by atoms with Crippen LogP contribution in [0.15, 0.2) is 29.2 Å². The van der Waals surface area contributed by atoms with Crippen molar-refractivity contribution in [2.75, 3.05) is 0 Å². The Hall–Kier alpha value is -1.64. The van der Waals surface area contributed by atoms with Gasteiger partial charge in [0.1, 0.15) is 4.90 Å². The molecule has 0 aliphatic carbocycles. The van der Waals surface area contributed by atoms with Gasteiger partial charge in [0.2, 0.25) is 0 Å². The second-order valence-corrected chi connectivity index (χ2v) is 4.08. The molecule has 0 radical (unpaired) electrons. The Kier molecular flexibility index (Phi) is 21.7. The second kappa shape index (κ2) is 11.5. The molecule has 1 aliphatic heterocycles. The van der Waals surface area contributed by atoms with Crippen LogP contribution in [-0.2, 0) is 10.0 Å². The van der Waals surface area contributed by atoms with Crippen LogP contribution in [0.5, 0.6) is 0 Å². The van der Waals surface area contributed by atoms with Crippen molar-refractivity contribution in [1.82, 2.24) is 4.72 Å². The van der Waals surface area contributed by atoms with Crippen LogP contribution in [0.3, 0.4) is 0 Å². The molecule has 1 amide bonds. The van der Waals surface area contributed by atoms with Crippen molar-refractivity contribution >= 4 is 15.9 Å². The Morgan fingerprint density at radius 3 is 1.63 bits per heavy atom. The van der Waals surface area contributed by atoms with E-state index in [-0.39, 0.29) is 48.8 Å². The lowest BCUT2D eigenvalue weighted by Crippen LogP contribution is -2.20. The first-order chi connectivity index (χ1) is 5.61. The first-order valence-electron chi connectivity index (χ1n) is 3.27. The smallest absolute Gasteiger partial charge is 0.266 e. The average Bonchev–Trinajstić information content (AvgIpc) is 2.25. The van der Waals surface area contributed by atoms with Crippen molar-refractivity contribution in [1.29, 1.82) is 0 Å². The van der Waals surface area contributed by atoms with E-state index in [4.69, 9.17) is 0 Å². The van der Waals surface area contributed by atoms with E-state index in [2.05, 4.69) is 0 Å². The SMILES string of the molecule is O.O.O.O.O.O.O.O=C1NS(=O)(=O)c2ccccc21. The second-order valence-electron chi connectivity index (χ2n) is 2.43. The van der Waals surface area contributed by atoms with Gasteiger partial charge in [-0.25, -0.2) is 13.1 Å². The van der Waals surface area contributed by atoms with Crippen LogP contribution < -0.4 is 4.72 Å². The summed E-state index contributed by atoms with van der Waals surface area (Å²) in [6.45, 7) is 0. The third kappa shape index (κ3) is 5.69. The maximum absolute atomic E-state index is 11.1. The molecule has 12 heteroatoms. The predicted octanol–water partition coefficient (Wildman–Crippen LogP) is -5.65. The Morgan fingerprint density at radius 2 is 1.21 bits per heavy atom. The van der Waals surface area contributed by atoms with Gasteiger partial charge in [-0.05, 0) is 12.1 Å². The molecule has 0 bridgehead atoms. The molecule has 0 saturated heterocycles. The first-order valence-corrected chi connectivity index (χ1v) is 4.76. The molecule has 19 heavy (non-hydrogen) atoms. The minimum atomic E-state index is -3.55. The van der Waals surface area contributed by atoms with Crippen LogP contribution in [0.1, 0.15) is 10.4 Å². The summed E-state index contributed by atoms with van der Waals surface area (Å²) in [5.74, 6) is -0.550. The van der Waals surface area contributed by atoms with Crippen LogP contribution in [-0.4, -0.2) is 52.7 Å². The van der Waals surface area contributed by atoms with Crippen LogP contribution in [0.4, 0.5) is 0 Å². The highest BCUT2D eigenvalue weighted by Gasteiger charge is 2.31. The van der Waals surface area contributed by atoms with Crippen LogP contribution in [0.25, 0.3) is 0 Å². The topological polar surface area (TPSA) is 284 Å². The number of nitrogens with one attached hydrogen (secondary N) is 1. The van der Waals surface area contributed by atoms with E-state index in [1.165, 1.54) is 12.1 Å². The lowest BCUT2D eigenvalue weighted by atomic mass is 10.2. The summed E-state index contributed by atoms with van der Waals surface area (Å²) in [7, 11) is -3.55. The zero-order valence-corrected chi connectivity index (χ0v) is 10.3. The van der Waals surface area contributed by atoms with Gasteiger partial charge in [0, 0.05) is 0 Å². The summed E-state index contributed by atoms with van der Waals surface area (Å²) in [4.78, 5) is 11.1. The molecular weight excluding hydrogens is 290 g/mol. The Bertz CT molecular complexity index is 459. The maximum atomic E-state index is 11.1. The third-order valence-electron chi connectivity index (χ3n) is 1.65. The van der Waals surface area contributed by atoms with Gasteiger partial charge in [0.25, 0.3) is 15.9 Å².